The lowest BCUT2D eigenvalue weighted by molar-refractivity contribution is -0.132. The first-order chi connectivity index (χ1) is 5.84. The first-order valence-electron chi connectivity index (χ1n) is 3.68. The molecule has 0 N–H and O–H groups in total. The Labute approximate surface area is 71.9 Å². The van der Waals surface area contributed by atoms with E-state index in [4.69, 9.17) is 4.74 Å². The van der Waals surface area contributed by atoms with Gasteiger partial charge in [0.25, 0.3) is 0 Å². The number of allylic oxidation sites excluding steroid dienone is 2. The van der Waals surface area contributed by atoms with Gasteiger partial charge < -0.3 is 4.74 Å². The van der Waals surface area contributed by atoms with Gasteiger partial charge in [0.05, 0.1) is 0 Å². The standard InChI is InChI=1S/C10H7O2/c11-10-6-5-9(12-10)7-8-3-1-2-4-8/h1-7H/b9-7-. The maximum Gasteiger partial charge on any atom is 0.336 e. The molecule has 2 rings (SSSR count). The lowest BCUT2D eigenvalue weighted by atomic mass is 10.1. The van der Waals surface area contributed by atoms with E-state index in [0.717, 1.165) is 5.92 Å². The Morgan fingerprint density at radius 2 is 1.92 bits per heavy atom. The second kappa shape index (κ2) is 3.13. The summed E-state index contributed by atoms with van der Waals surface area (Å²) in [6.07, 6.45) is 12.7. The van der Waals surface area contributed by atoms with Crippen LogP contribution in [0.15, 0.2) is 24.0 Å². The molecule has 1 aliphatic carbocycles. The van der Waals surface area contributed by atoms with Gasteiger partial charge in [-0.25, -0.2) is 4.79 Å². The van der Waals surface area contributed by atoms with Crippen LogP contribution in [0.2, 0.25) is 0 Å². The van der Waals surface area contributed by atoms with Crippen LogP contribution in [0, 0.1) is 31.6 Å². The molecule has 0 saturated heterocycles. The van der Waals surface area contributed by atoms with Crippen molar-refractivity contribution in [3.05, 3.63) is 55.6 Å². The van der Waals surface area contributed by atoms with E-state index in [-0.39, 0.29) is 5.97 Å². The second-order valence-electron chi connectivity index (χ2n) is 2.52. The fraction of sp³-hybridized carbons (Fsp3) is 0. The molecule has 0 bridgehead atoms. The average Bonchev–Trinajstić information content (AvgIpc) is 2.63. The molecule has 0 aromatic rings. The number of carbonyl (C=O) groups is 1. The Morgan fingerprint density at radius 1 is 1.17 bits per heavy atom. The van der Waals surface area contributed by atoms with E-state index in [1.54, 1.807) is 6.08 Å². The molecule has 1 saturated carbocycles. The second-order valence-corrected chi connectivity index (χ2v) is 2.52. The Hall–Kier alpha value is -1.05. The highest BCUT2D eigenvalue weighted by molar-refractivity contribution is 5.86. The van der Waals surface area contributed by atoms with E-state index < -0.39 is 0 Å². The Bertz CT molecular complexity index is 245. The number of rotatable bonds is 1. The summed E-state index contributed by atoms with van der Waals surface area (Å²) < 4.78 is 4.85. The van der Waals surface area contributed by atoms with Gasteiger partial charge in [0.2, 0.25) is 0 Å². The SMILES string of the molecule is O=C1C=C/C(=C/[C]2[CH][CH][CH][CH]2)O1. The molecule has 0 spiro atoms. The first kappa shape index (κ1) is 7.59. The Balaban J connectivity index is 1.99. The molecular formula is C10H7O2. The van der Waals surface area contributed by atoms with Gasteiger partial charge in [-0.15, -0.1) is 0 Å². The van der Waals surface area contributed by atoms with E-state index in [9.17, 15) is 4.79 Å². The smallest absolute Gasteiger partial charge is 0.336 e. The third-order valence-corrected chi connectivity index (χ3v) is 1.60. The van der Waals surface area contributed by atoms with Gasteiger partial charge >= 0.3 is 5.97 Å². The topological polar surface area (TPSA) is 26.3 Å². The van der Waals surface area contributed by atoms with Crippen molar-refractivity contribution in [3.63, 3.8) is 0 Å². The summed E-state index contributed by atoms with van der Waals surface area (Å²) in [5.41, 5.74) is 0. The minimum atomic E-state index is -0.298. The van der Waals surface area contributed by atoms with Crippen LogP contribution < -0.4 is 0 Å². The third kappa shape index (κ3) is 1.58. The van der Waals surface area contributed by atoms with E-state index >= 15 is 0 Å². The summed E-state index contributed by atoms with van der Waals surface area (Å²) in [4.78, 5) is 10.6. The van der Waals surface area contributed by atoms with Crippen molar-refractivity contribution in [2.45, 2.75) is 0 Å². The van der Waals surface area contributed by atoms with Gasteiger partial charge in [-0.05, 0) is 37.8 Å². The number of ether oxygens (including phenoxy) is 1. The molecule has 2 heteroatoms. The van der Waals surface area contributed by atoms with E-state index in [1.165, 1.54) is 6.08 Å². The Kier molecular flexibility index (Phi) is 1.98. The maximum absolute atomic E-state index is 10.6. The largest absolute Gasteiger partial charge is 0.424 e. The van der Waals surface area contributed by atoms with Gasteiger partial charge in [-0.3, -0.25) is 0 Å². The van der Waals surface area contributed by atoms with Gasteiger partial charge in [-0.2, -0.15) is 0 Å². The molecule has 0 amide bonds. The fourth-order valence-electron chi connectivity index (χ4n) is 1.06. The normalized spacial score (nSPS) is 27.0. The van der Waals surface area contributed by atoms with Crippen molar-refractivity contribution >= 4 is 5.97 Å². The summed E-state index contributed by atoms with van der Waals surface area (Å²) in [6.45, 7) is 0. The van der Waals surface area contributed by atoms with Crippen LogP contribution in [-0.2, 0) is 9.53 Å². The molecule has 2 aliphatic rings. The zero-order valence-electron chi connectivity index (χ0n) is 6.36. The van der Waals surface area contributed by atoms with Crippen LogP contribution in [0.4, 0.5) is 0 Å². The van der Waals surface area contributed by atoms with Crippen molar-refractivity contribution in [1.29, 1.82) is 0 Å². The molecule has 1 fully saturated rings. The lowest BCUT2D eigenvalue weighted by Crippen LogP contribution is -1.93. The van der Waals surface area contributed by atoms with Crippen LogP contribution >= 0.6 is 0 Å². The number of esters is 1. The number of hydrogen-bond donors (Lipinski definition) is 0. The summed E-state index contributed by atoms with van der Waals surface area (Å²) in [7, 11) is 0. The highest BCUT2D eigenvalue weighted by Crippen LogP contribution is 2.26. The molecule has 5 radical (unpaired) electrons. The fourth-order valence-corrected chi connectivity index (χ4v) is 1.06. The minimum absolute atomic E-state index is 0.298. The monoisotopic (exact) mass is 159 g/mol. The van der Waals surface area contributed by atoms with Crippen molar-refractivity contribution < 1.29 is 9.53 Å². The molecule has 0 unspecified atom stereocenters. The quantitative estimate of drug-likeness (QED) is 0.540. The summed E-state index contributed by atoms with van der Waals surface area (Å²) in [5.74, 6) is 1.35. The molecule has 0 atom stereocenters. The van der Waals surface area contributed by atoms with Gasteiger partial charge in [0, 0.05) is 12.0 Å². The number of hydrogen-bond acceptors (Lipinski definition) is 2. The molecule has 59 valence electrons. The van der Waals surface area contributed by atoms with Gasteiger partial charge in [0.15, 0.2) is 0 Å². The van der Waals surface area contributed by atoms with Gasteiger partial charge in [-0.1, -0.05) is 0 Å². The van der Waals surface area contributed by atoms with E-state index in [0.29, 0.717) is 5.76 Å². The van der Waals surface area contributed by atoms with Gasteiger partial charge in [0.1, 0.15) is 5.76 Å². The van der Waals surface area contributed by atoms with Crippen LogP contribution in [0.25, 0.3) is 0 Å². The number of cyclic esters (lactones) is 1. The predicted octanol–water partition coefficient (Wildman–Crippen LogP) is 1.39. The van der Waals surface area contributed by atoms with E-state index in [1.807, 2.05) is 31.8 Å². The average molecular weight is 159 g/mol. The zero-order valence-corrected chi connectivity index (χ0v) is 6.36. The molecule has 1 aliphatic heterocycles. The van der Waals surface area contributed by atoms with Crippen LogP contribution in [0.3, 0.4) is 0 Å². The maximum atomic E-state index is 10.6. The summed E-state index contributed by atoms with van der Waals surface area (Å²) >= 11 is 0. The molecule has 12 heavy (non-hydrogen) atoms. The first-order valence-corrected chi connectivity index (χ1v) is 3.68. The molecule has 1 heterocycles. The van der Waals surface area contributed by atoms with Crippen LogP contribution in [-0.4, -0.2) is 5.97 Å². The highest BCUT2D eigenvalue weighted by Gasteiger charge is 2.17. The minimum Gasteiger partial charge on any atom is -0.424 e. The predicted molar refractivity (Wildman–Crippen MR) is 43.8 cm³/mol. The summed E-state index contributed by atoms with van der Waals surface area (Å²) in [5, 5.41) is 0. The van der Waals surface area contributed by atoms with Crippen molar-refractivity contribution in [2.24, 2.45) is 0 Å². The van der Waals surface area contributed by atoms with Crippen LogP contribution in [0.1, 0.15) is 0 Å². The Morgan fingerprint density at radius 3 is 2.50 bits per heavy atom. The molecular weight excluding hydrogens is 152 g/mol. The highest BCUT2D eigenvalue weighted by atomic mass is 16.5. The summed E-state index contributed by atoms with van der Waals surface area (Å²) in [6, 6.07) is 0. The van der Waals surface area contributed by atoms with E-state index in [2.05, 4.69) is 0 Å². The zero-order chi connectivity index (χ0) is 8.39. The van der Waals surface area contributed by atoms with Crippen molar-refractivity contribution in [2.75, 3.05) is 0 Å². The lowest BCUT2D eigenvalue weighted by Gasteiger charge is -2.00. The van der Waals surface area contributed by atoms with Crippen molar-refractivity contribution in [3.8, 4) is 0 Å². The molecule has 0 aromatic carbocycles. The van der Waals surface area contributed by atoms with Crippen LogP contribution in [0.5, 0.6) is 0 Å². The molecule has 2 nitrogen and oxygen atoms in total. The third-order valence-electron chi connectivity index (χ3n) is 1.60. The number of carbonyl (C=O) groups excluding carboxylic acids is 1. The molecule has 0 aromatic heterocycles. The van der Waals surface area contributed by atoms with Crippen molar-refractivity contribution in [1.82, 2.24) is 0 Å².